The molecule has 0 aliphatic rings. The summed E-state index contributed by atoms with van der Waals surface area (Å²) in [6.07, 6.45) is 2.97. The lowest BCUT2D eigenvalue weighted by Gasteiger charge is -2.11. The SMILES string of the molecule is COC(C)CNC(=O)c1ccncc1N. The molecule has 1 aromatic heterocycles. The number of hydrogen-bond donors (Lipinski definition) is 2. The van der Waals surface area contributed by atoms with Gasteiger partial charge in [0.25, 0.3) is 5.91 Å². The van der Waals surface area contributed by atoms with E-state index >= 15 is 0 Å². The fourth-order valence-electron chi connectivity index (χ4n) is 1.03. The van der Waals surface area contributed by atoms with Gasteiger partial charge in [-0.1, -0.05) is 0 Å². The number of nitrogen functional groups attached to an aromatic ring is 1. The number of amides is 1. The molecule has 5 heteroatoms. The number of methoxy groups -OCH3 is 1. The van der Waals surface area contributed by atoms with Crippen molar-refractivity contribution in [3.05, 3.63) is 24.0 Å². The number of anilines is 1. The lowest BCUT2D eigenvalue weighted by molar-refractivity contribution is 0.0871. The molecule has 15 heavy (non-hydrogen) atoms. The number of hydrogen-bond acceptors (Lipinski definition) is 4. The molecule has 1 rings (SSSR count). The molecule has 0 aliphatic heterocycles. The third-order valence-electron chi connectivity index (χ3n) is 2.05. The fraction of sp³-hybridized carbons (Fsp3) is 0.400. The Morgan fingerprint density at radius 2 is 2.47 bits per heavy atom. The normalized spacial score (nSPS) is 12.1. The first-order valence-corrected chi connectivity index (χ1v) is 4.65. The van der Waals surface area contributed by atoms with Crippen molar-refractivity contribution in [3.8, 4) is 0 Å². The number of pyridine rings is 1. The molecule has 1 amide bonds. The zero-order valence-corrected chi connectivity index (χ0v) is 8.86. The minimum Gasteiger partial charge on any atom is -0.397 e. The number of nitrogens with one attached hydrogen (secondary N) is 1. The number of nitrogens with two attached hydrogens (primary N) is 1. The van der Waals surface area contributed by atoms with Crippen molar-refractivity contribution in [1.82, 2.24) is 10.3 Å². The lowest BCUT2D eigenvalue weighted by Crippen LogP contribution is -2.32. The second kappa shape index (κ2) is 5.31. The second-order valence-corrected chi connectivity index (χ2v) is 3.22. The van der Waals surface area contributed by atoms with E-state index in [1.807, 2.05) is 6.92 Å². The molecule has 1 atom stereocenters. The number of rotatable bonds is 4. The summed E-state index contributed by atoms with van der Waals surface area (Å²) in [4.78, 5) is 15.4. The van der Waals surface area contributed by atoms with Gasteiger partial charge in [0, 0.05) is 19.9 Å². The number of carbonyl (C=O) groups is 1. The molecule has 1 unspecified atom stereocenters. The molecule has 5 nitrogen and oxygen atoms in total. The second-order valence-electron chi connectivity index (χ2n) is 3.22. The largest absolute Gasteiger partial charge is 0.397 e. The van der Waals surface area contributed by atoms with Crippen LogP contribution in [0.2, 0.25) is 0 Å². The van der Waals surface area contributed by atoms with Gasteiger partial charge in [-0.15, -0.1) is 0 Å². The van der Waals surface area contributed by atoms with Crippen LogP contribution in [0.3, 0.4) is 0 Å². The van der Waals surface area contributed by atoms with Gasteiger partial charge in [0.05, 0.1) is 23.6 Å². The molecule has 0 saturated heterocycles. The molecule has 3 N–H and O–H groups in total. The van der Waals surface area contributed by atoms with Crippen molar-refractivity contribution in [1.29, 1.82) is 0 Å². The first-order valence-electron chi connectivity index (χ1n) is 4.65. The number of nitrogens with zero attached hydrogens (tertiary/aromatic N) is 1. The Morgan fingerprint density at radius 3 is 3.07 bits per heavy atom. The van der Waals surface area contributed by atoms with Gasteiger partial charge in [0.1, 0.15) is 0 Å². The Balaban J connectivity index is 2.58. The molecule has 82 valence electrons. The first-order chi connectivity index (χ1) is 7.15. The van der Waals surface area contributed by atoms with Gasteiger partial charge < -0.3 is 15.8 Å². The van der Waals surface area contributed by atoms with E-state index in [2.05, 4.69) is 10.3 Å². The maximum atomic E-state index is 11.6. The van der Waals surface area contributed by atoms with E-state index in [0.29, 0.717) is 17.8 Å². The monoisotopic (exact) mass is 209 g/mol. The molecule has 0 saturated carbocycles. The highest BCUT2D eigenvalue weighted by atomic mass is 16.5. The molecular formula is C10H15N3O2. The zero-order valence-electron chi connectivity index (χ0n) is 8.86. The highest BCUT2D eigenvalue weighted by Gasteiger charge is 2.09. The fourth-order valence-corrected chi connectivity index (χ4v) is 1.03. The average Bonchev–Trinajstić information content (AvgIpc) is 2.26. The van der Waals surface area contributed by atoms with Crippen molar-refractivity contribution < 1.29 is 9.53 Å². The predicted molar refractivity (Wildman–Crippen MR) is 57.5 cm³/mol. The standard InChI is InChI=1S/C10H15N3O2/c1-7(15-2)5-13-10(14)8-3-4-12-6-9(8)11/h3-4,6-7H,5,11H2,1-2H3,(H,13,14). The van der Waals surface area contributed by atoms with Crippen LogP contribution in [0.25, 0.3) is 0 Å². The molecular weight excluding hydrogens is 194 g/mol. The Morgan fingerprint density at radius 1 is 1.73 bits per heavy atom. The van der Waals surface area contributed by atoms with E-state index in [9.17, 15) is 4.79 Å². The predicted octanol–water partition coefficient (Wildman–Crippen LogP) is 0.429. The summed E-state index contributed by atoms with van der Waals surface area (Å²) < 4.78 is 5.01. The topological polar surface area (TPSA) is 77.2 Å². The van der Waals surface area contributed by atoms with Gasteiger partial charge in [-0.05, 0) is 13.0 Å². The quantitative estimate of drug-likeness (QED) is 0.753. The summed E-state index contributed by atoms with van der Waals surface area (Å²) in [6.45, 7) is 2.33. The molecule has 0 fully saturated rings. The Kier molecular flexibility index (Phi) is 4.05. The molecule has 1 aromatic rings. The molecule has 1 heterocycles. The van der Waals surface area contributed by atoms with E-state index in [0.717, 1.165) is 0 Å². The third kappa shape index (κ3) is 3.21. The van der Waals surface area contributed by atoms with E-state index in [1.54, 1.807) is 13.2 Å². The maximum absolute atomic E-state index is 11.6. The third-order valence-corrected chi connectivity index (χ3v) is 2.05. The van der Waals surface area contributed by atoms with Crippen molar-refractivity contribution in [2.45, 2.75) is 13.0 Å². The first kappa shape index (κ1) is 11.5. The Hall–Kier alpha value is -1.62. The van der Waals surface area contributed by atoms with Crippen LogP contribution >= 0.6 is 0 Å². The van der Waals surface area contributed by atoms with Crippen molar-refractivity contribution >= 4 is 11.6 Å². The smallest absolute Gasteiger partial charge is 0.253 e. The highest BCUT2D eigenvalue weighted by Crippen LogP contribution is 2.07. The van der Waals surface area contributed by atoms with Crippen molar-refractivity contribution in [2.24, 2.45) is 0 Å². The van der Waals surface area contributed by atoms with Crippen LogP contribution in [0.4, 0.5) is 5.69 Å². The van der Waals surface area contributed by atoms with Crippen LogP contribution in [0.5, 0.6) is 0 Å². The summed E-state index contributed by atoms with van der Waals surface area (Å²) in [7, 11) is 1.59. The van der Waals surface area contributed by atoms with E-state index in [1.165, 1.54) is 12.4 Å². The van der Waals surface area contributed by atoms with E-state index in [-0.39, 0.29) is 12.0 Å². The summed E-state index contributed by atoms with van der Waals surface area (Å²) >= 11 is 0. The zero-order chi connectivity index (χ0) is 11.3. The molecule has 0 aromatic carbocycles. The van der Waals surface area contributed by atoms with Crippen LogP contribution in [0.15, 0.2) is 18.5 Å². The molecule has 0 radical (unpaired) electrons. The molecule has 0 aliphatic carbocycles. The Bertz CT molecular complexity index is 341. The van der Waals surface area contributed by atoms with Crippen LogP contribution in [0.1, 0.15) is 17.3 Å². The number of aromatic nitrogens is 1. The molecule has 0 spiro atoms. The van der Waals surface area contributed by atoms with E-state index in [4.69, 9.17) is 10.5 Å². The lowest BCUT2D eigenvalue weighted by atomic mass is 10.2. The van der Waals surface area contributed by atoms with Crippen molar-refractivity contribution in [3.63, 3.8) is 0 Å². The summed E-state index contributed by atoms with van der Waals surface area (Å²) in [5.41, 5.74) is 6.42. The van der Waals surface area contributed by atoms with Gasteiger partial charge in [-0.3, -0.25) is 9.78 Å². The van der Waals surface area contributed by atoms with Crippen LogP contribution in [0, 0.1) is 0 Å². The van der Waals surface area contributed by atoms with Gasteiger partial charge >= 0.3 is 0 Å². The van der Waals surface area contributed by atoms with Crippen LogP contribution in [-0.2, 0) is 4.74 Å². The average molecular weight is 209 g/mol. The number of ether oxygens (including phenoxy) is 1. The van der Waals surface area contributed by atoms with Crippen LogP contribution < -0.4 is 11.1 Å². The highest BCUT2D eigenvalue weighted by molar-refractivity contribution is 5.98. The minimum atomic E-state index is -0.209. The van der Waals surface area contributed by atoms with Gasteiger partial charge in [-0.25, -0.2) is 0 Å². The van der Waals surface area contributed by atoms with Gasteiger partial charge in [0.15, 0.2) is 0 Å². The van der Waals surface area contributed by atoms with Crippen molar-refractivity contribution in [2.75, 3.05) is 19.4 Å². The van der Waals surface area contributed by atoms with Crippen LogP contribution in [-0.4, -0.2) is 30.6 Å². The summed E-state index contributed by atoms with van der Waals surface area (Å²) in [6, 6.07) is 1.59. The maximum Gasteiger partial charge on any atom is 0.253 e. The summed E-state index contributed by atoms with van der Waals surface area (Å²) in [5.74, 6) is -0.209. The summed E-state index contributed by atoms with van der Waals surface area (Å²) in [5, 5.41) is 2.72. The Labute approximate surface area is 88.6 Å². The number of carbonyl (C=O) groups excluding carboxylic acids is 1. The van der Waals surface area contributed by atoms with Gasteiger partial charge in [-0.2, -0.15) is 0 Å². The molecule has 0 bridgehead atoms. The van der Waals surface area contributed by atoms with Gasteiger partial charge in [0.2, 0.25) is 0 Å². The van der Waals surface area contributed by atoms with E-state index < -0.39 is 0 Å². The minimum absolute atomic E-state index is 0.0167.